The number of fused-ring (bicyclic) bond motifs is 2. The molecule has 1 aromatic heterocycles. The van der Waals surface area contributed by atoms with E-state index in [1.54, 1.807) is 6.20 Å². The fraction of sp³-hybridized carbons (Fsp3) is 0.528. The first-order chi connectivity index (χ1) is 23.1. The number of hydrogen-bond acceptors (Lipinski definition) is 6. The van der Waals surface area contributed by atoms with Gasteiger partial charge in [-0.15, -0.1) is 0 Å². The molecule has 2 aromatic carbocycles. The highest BCUT2D eigenvalue weighted by Crippen LogP contribution is 2.35. The van der Waals surface area contributed by atoms with Crippen LogP contribution in [0, 0.1) is 23.6 Å². The summed E-state index contributed by atoms with van der Waals surface area (Å²) < 4.78 is 29.4. The highest BCUT2D eigenvalue weighted by molar-refractivity contribution is 6.34. The predicted molar refractivity (Wildman–Crippen MR) is 179 cm³/mol. The van der Waals surface area contributed by atoms with Crippen LogP contribution in [-0.4, -0.2) is 94.9 Å². The molecule has 4 heterocycles. The van der Waals surface area contributed by atoms with Gasteiger partial charge >= 0.3 is 5.97 Å². The molecule has 1 saturated carbocycles. The Morgan fingerprint density at radius 3 is 2.52 bits per heavy atom. The molecular weight excluding hydrogens is 639 g/mol. The molecule has 0 radical (unpaired) electrons. The fourth-order valence-corrected chi connectivity index (χ4v) is 8.39. The molecule has 2 amide bonds. The summed E-state index contributed by atoms with van der Waals surface area (Å²) in [7, 11) is 1.86. The average Bonchev–Trinajstić information content (AvgIpc) is 3.86. The van der Waals surface area contributed by atoms with Crippen molar-refractivity contribution in [3.63, 3.8) is 0 Å². The maximum absolute atomic E-state index is 15.5. The lowest BCUT2D eigenvalue weighted by molar-refractivity contribution is -0.144. The molecule has 3 aliphatic heterocycles. The zero-order valence-electron chi connectivity index (χ0n) is 27.1. The Bertz CT molecular complexity index is 1690. The SMILES string of the molecule is Cn1cc(C(=O)Nc2cc(F)c(CC(=O)N3C[C@@H](N4C[C@H]5COC[C@H]5C4)C[C@H]3CO[C@H]3CC[C@H](C(=O)O)CC3)cc2Cl)c2ccccc21. The molecule has 12 heteroatoms. The zero-order valence-corrected chi connectivity index (χ0v) is 27.8. The Morgan fingerprint density at radius 1 is 1.06 bits per heavy atom. The second kappa shape index (κ2) is 13.8. The maximum Gasteiger partial charge on any atom is 0.306 e. The number of carboxylic acids is 1. The maximum atomic E-state index is 15.5. The molecule has 0 unspecified atom stereocenters. The Morgan fingerprint density at radius 2 is 1.79 bits per heavy atom. The molecule has 7 rings (SSSR count). The monoisotopic (exact) mass is 680 g/mol. The molecular formula is C36H42ClFN4O6. The minimum absolute atomic E-state index is 0.0345. The lowest BCUT2D eigenvalue weighted by Gasteiger charge is -2.30. The molecule has 256 valence electrons. The first-order valence-electron chi connectivity index (χ1n) is 16.9. The number of nitrogens with zero attached hydrogens (tertiary/aromatic N) is 3. The minimum Gasteiger partial charge on any atom is -0.481 e. The third-order valence-electron chi connectivity index (χ3n) is 10.9. The summed E-state index contributed by atoms with van der Waals surface area (Å²) in [5.41, 5.74) is 1.65. The number of aliphatic carboxylic acids is 1. The molecule has 10 nitrogen and oxygen atoms in total. The molecule has 2 N–H and O–H groups in total. The number of aromatic nitrogens is 1. The second-order valence-corrected chi connectivity index (χ2v) is 14.4. The summed E-state index contributed by atoms with van der Waals surface area (Å²) in [4.78, 5) is 42.8. The summed E-state index contributed by atoms with van der Waals surface area (Å²) in [6, 6.07) is 10.1. The third kappa shape index (κ3) is 6.70. The summed E-state index contributed by atoms with van der Waals surface area (Å²) in [5, 5.41) is 13.0. The Hall–Kier alpha value is -3.51. The highest BCUT2D eigenvalue weighted by Gasteiger charge is 2.45. The van der Waals surface area contributed by atoms with Crippen molar-refractivity contribution in [3.05, 3.63) is 64.6 Å². The number of carboxylic acid groups (broad SMARTS) is 1. The number of carbonyl (C=O) groups excluding carboxylic acids is 2. The smallest absolute Gasteiger partial charge is 0.306 e. The number of amides is 2. The summed E-state index contributed by atoms with van der Waals surface area (Å²) >= 11 is 6.56. The van der Waals surface area contributed by atoms with Crippen molar-refractivity contribution >= 4 is 46.0 Å². The van der Waals surface area contributed by atoms with E-state index >= 15 is 4.39 Å². The van der Waals surface area contributed by atoms with Crippen molar-refractivity contribution in [1.82, 2.24) is 14.4 Å². The van der Waals surface area contributed by atoms with Crippen molar-refractivity contribution in [3.8, 4) is 0 Å². The topological polar surface area (TPSA) is 113 Å². The van der Waals surface area contributed by atoms with Gasteiger partial charge < -0.3 is 29.4 Å². The average molecular weight is 681 g/mol. The number of halogens is 2. The standard InChI is InChI=1S/C36H42ClFN4O6/c1-40-17-29(28-4-2-3-5-33(28)40)35(44)39-32-13-31(38)22(10-30(32)37)11-34(43)42-16-25(41-14-23-18-47-19-24(23)15-41)12-26(42)20-48-27-8-6-21(7-9-27)36(45)46/h2-5,10,13,17,21,23-27H,6-9,11-12,14-16,18-20H2,1H3,(H,39,44)(H,45,46)/t21-,23-,24+,25-,26-,27-/m0/s1. The lowest BCUT2D eigenvalue weighted by atomic mass is 9.87. The molecule has 4 fully saturated rings. The van der Waals surface area contributed by atoms with Crippen LogP contribution < -0.4 is 5.32 Å². The first-order valence-corrected chi connectivity index (χ1v) is 17.3. The van der Waals surface area contributed by atoms with E-state index in [-0.39, 0.29) is 52.7 Å². The van der Waals surface area contributed by atoms with Crippen LogP contribution in [0.1, 0.15) is 48.0 Å². The quantitative estimate of drug-likeness (QED) is 0.328. The number of aryl methyl sites for hydroxylation is 1. The Labute approximate surface area is 284 Å². The van der Waals surface area contributed by atoms with Gasteiger partial charge in [-0.05, 0) is 55.9 Å². The molecule has 4 aliphatic rings. The van der Waals surface area contributed by atoms with E-state index in [2.05, 4.69) is 10.2 Å². The van der Waals surface area contributed by atoms with E-state index in [9.17, 15) is 19.5 Å². The van der Waals surface area contributed by atoms with Crippen LogP contribution >= 0.6 is 11.6 Å². The van der Waals surface area contributed by atoms with Crippen molar-refractivity contribution < 1.29 is 33.4 Å². The molecule has 0 spiro atoms. The Balaban J connectivity index is 1.03. The van der Waals surface area contributed by atoms with Gasteiger partial charge in [-0.2, -0.15) is 0 Å². The van der Waals surface area contributed by atoms with Crippen molar-refractivity contribution in [2.75, 3.05) is 44.8 Å². The van der Waals surface area contributed by atoms with E-state index in [1.165, 1.54) is 12.1 Å². The van der Waals surface area contributed by atoms with Gasteiger partial charge in [-0.1, -0.05) is 29.8 Å². The van der Waals surface area contributed by atoms with E-state index in [4.69, 9.17) is 21.1 Å². The number of nitrogens with one attached hydrogen (secondary N) is 1. The van der Waals surface area contributed by atoms with Crippen LogP contribution in [0.4, 0.5) is 10.1 Å². The van der Waals surface area contributed by atoms with Gasteiger partial charge in [0.05, 0.1) is 60.6 Å². The highest BCUT2D eigenvalue weighted by atomic mass is 35.5. The molecule has 4 atom stereocenters. The normalized spacial score (nSPS) is 27.4. The predicted octanol–water partition coefficient (Wildman–Crippen LogP) is 4.97. The number of likely N-dealkylation sites (tertiary alicyclic amines) is 2. The number of hydrogen-bond donors (Lipinski definition) is 2. The van der Waals surface area contributed by atoms with Gasteiger partial charge in [0.15, 0.2) is 0 Å². The third-order valence-corrected chi connectivity index (χ3v) is 11.2. The molecule has 3 saturated heterocycles. The number of ether oxygens (including phenoxy) is 2. The number of para-hydroxylation sites is 1. The molecule has 1 aliphatic carbocycles. The van der Waals surface area contributed by atoms with E-state index < -0.39 is 17.7 Å². The number of rotatable bonds is 9. The van der Waals surface area contributed by atoms with Gasteiger partial charge in [-0.3, -0.25) is 19.3 Å². The Kier molecular flexibility index (Phi) is 9.47. The fourth-order valence-electron chi connectivity index (χ4n) is 8.16. The van der Waals surface area contributed by atoms with Crippen LogP contribution in [0.2, 0.25) is 5.02 Å². The van der Waals surface area contributed by atoms with E-state index in [0.717, 1.165) is 43.6 Å². The van der Waals surface area contributed by atoms with Gasteiger partial charge in [0.1, 0.15) is 5.82 Å². The molecule has 0 bridgehead atoms. The largest absolute Gasteiger partial charge is 0.481 e. The van der Waals surface area contributed by atoms with Crippen molar-refractivity contribution in [1.29, 1.82) is 0 Å². The van der Waals surface area contributed by atoms with Crippen molar-refractivity contribution in [2.45, 2.75) is 56.7 Å². The van der Waals surface area contributed by atoms with Crippen LogP contribution in [-0.2, 0) is 32.5 Å². The first kappa shape index (κ1) is 33.0. The molecule has 48 heavy (non-hydrogen) atoms. The van der Waals surface area contributed by atoms with Crippen LogP contribution in [0.5, 0.6) is 0 Å². The minimum atomic E-state index is -0.753. The van der Waals surface area contributed by atoms with Gasteiger partial charge in [-0.25, -0.2) is 4.39 Å². The van der Waals surface area contributed by atoms with Crippen LogP contribution in [0.3, 0.4) is 0 Å². The number of anilines is 1. The van der Waals surface area contributed by atoms with E-state index in [0.29, 0.717) is 56.2 Å². The second-order valence-electron chi connectivity index (χ2n) is 14.0. The lowest BCUT2D eigenvalue weighted by Crippen LogP contribution is -2.41. The van der Waals surface area contributed by atoms with Crippen molar-refractivity contribution in [2.24, 2.45) is 24.8 Å². The van der Waals surface area contributed by atoms with Crippen LogP contribution in [0.15, 0.2) is 42.6 Å². The number of carbonyl (C=O) groups is 3. The summed E-state index contributed by atoms with van der Waals surface area (Å²) in [6.45, 7) is 4.34. The summed E-state index contributed by atoms with van der Waals surface area (Å²) in [5.74, 6) is -1.27. The van der Waals surface area contributed by atoms with Gasteiger partial charge in [0.2, 0.25) is 5.91 Å². The van der Waals surface area contributed by atoms with E-state index in [1.807, 2.05) is 40.8 Å². The van der Waals surface area contributed by atoms with Gasteiger partial charge in [0, 0.05) is 61.7 Å². The zero-order chi connectivity index (χ0) is 33.5. The van der Waals surface area contributed by atoms with Crippen LogP contribution in [0.25, 0.3) is 10.9 Å². The van der Waals surface area contributed by atoms with Gasteiger partial charge in [0.25, 0.3) is 5.91 Å². The number of benzene rings is 2. The summed E-state index contributed by atoms with van der Waals surface area (Å²) in [6.07, 6.45) is 4.83. The molecule has 3 aromatic rings.